The summed E-state index contributed by atoms with van der Waals surface area (Å²) in [6.45, 7) is 3.62. The second kappa shape index (κ2) is 14.1. The van der Waals surface area contributed by atoms with Gasteiger partial charge in [0.2, 0.25) is 0 Å². The summed E-state index contributed by atoms with van der Waals surface area (Å²) in [6.07, 6.45) is 7.59. The molecule has 0 heterocycles. The van der Waals surface area contributed by atoms with Gasteiger partial charge in [-0.25, -0.2) is 4.99 Å². The fourth-order valence-electron chi connectivity index (χ4n) is 2.26. The van der Waals surface area contributed by atoms with Crippen molar-refractivity contribution in [3.63, 3.8) is 0 Å². The molecule has 0 atom stereocenters. The predicted octanol–water partition coefficient (Wildman–Crippen LogP) is 3.43. The van der Waals surface area contributed by atoms with Crippen molar-refractivity contribution in [1.29, 1.82) is 0 Å². The lowest BCUT2D eigenvalue weighted by molar-refractivity contribution is 0.0963. The number of aliphatic imine (C=N–C) groups is 1. The van der Waals surface area contributed by atoms with E-state index >= 15 is 0 Å². The van der Waals surface area contributed by atoms with E-state index in [1.807, 2.05) is 12.1 Å². The number of amides is 1. The van der Waals surface area contributed by atoms with E-state index in [0.29, 0.717) is 18.1 Å². The highest BCUT2D eigenvalue weighted by Crippen LogP contribution is 2.06. The van der Waals surface area contributed by atoms with Crippen molar-refractivity contribution in [2.75, 3.05) is 13.6 Å². The predicted molar refractivity (Wildman–Crippen MR) is 112 cm³/mol. The first-order valence-corrected chi connectivity index (χ1v) is 8.52. The molecule has 0 unspecified atom stereocenters. The Kier molecular flexibility index (Phi) is 13.3. The van der Waals surface area contributed by atoms with Crippen LogP contribution in [-0.4, -0.2) is 25.5 Å². The van der Waals surface area contributed by atoms with E-state index in [1.54, 1.807) is 19.2 Å². The molecule has 0 aliphatic heterocycles. The summed E-state index contributed by atoms with van der Waals surface area (Å²) in [7, 11) is 1.62. The van der Waals surface area contributed by atoms with Crippen molar-refractivity contribution < 1.29 is 4.79 Å². The highest BCUT2D eigenvalue weighted by molar-refractivity contribution is 14.0. The fourth-order valence-corrected chi connectivity index (χ4v) is 2.26. The lowest BCUT2D eigenvalue weighted by Gasteiger charge is -2.06. The van der Waals surface area contributed by atoms with Gasteiger partial charge in [0, 0.05) is 19.2 Å². The summed E-state index contributed by atoms with van der Waals surface area (Å²) >= 11 is 0. The zero-order valence-electron chi connectivity index (χ0n) is 14.8. The molecule has 4 N–H and O–H groups in total. The number of carbonyl (C=O) groups is 1. The summed E-state index contributed by atoms with van der Waals surface area (Å²) in [5.74, 6) is 0.397. The molecule has 5 nitrogen and oxygen atoms in total. The van der Waals surface area contributed by atoms with Crippen LogP contribution in [-0.2, 0) is 6.54 Å². The van der Waals surface area contributed by atoms with E-state index in [4.69, 9.17) is 5.73 Å². The van der Waals surface area contributed by atoms with Gasteiger partial charge in [0.05, 0.1) is 6.54 Å². The van der Waals surface area contributed by atoms with Gasteiger partial charge in [0.25, 0.3) is 5.91 Å². The van der Waals surface area contributed by atoms with Gasteiger partial charge in [-0.1, -0.05) is 51.2 Å². The van der Waals surface area contributed by atoms with Crippen LogP contribution in [0.3, 0.4) is 0 Å². The normalized spacial score (nSPS) is 10.8. The van der Waals surface area contributed by atoms with Gasteiger partial charge >= 0.3 is 0 Å². The van der Waals surface area contributed by atoms with Crippen LogP contribution in [0.1, 0.15) is 61.4 Å². The number of hydrogen-bond donors (Lipinski definition) is 3. The molecule has 1 rings (SSSR count). The Balaban J connectivity index is 0.00000529. The van der Waals surface area contributed by atoms with Crippen LogP contribution < -0.4 is 16.4 Å². The minimum atomic E-state index is -0.0832. The minimum Gasteiger partial charge on any atom is -0.370 e. The minimum absolute atomic E-state index is 0. The lowest BCUT2D eigenvalue weighted by Crippen LogP contribution is -2.32. The maximum atomic E-state index is 11.5. The summed E-state index contributed by atoms with van der Waals surface area (Å²) in [5.41, 5.74) is 7.54. The first-order valence-electron chi connectivity index (χ1n) is 8.52. The second-order valence-corrected chi connectivity index (χ2v) is 5.67. The molecule has 0 radical (unpaired) electrons. The number of guanidine groups is 1. The summed E-state index contributed by atoms with van der Waals surface area (Å²) in [6, 6.07) is 7.39. The third kappa shape index (κ3) is 9.75. The first-order chi connectivity index (χ1) is 11.2. The van der Waals surface area contributed by atoms with Gasteiger partial charge in [0.15, 0.2) is 5.96 Å². The largest absolute Gasteiger partial charge is 0.370 e. The van der Waals surface area contributed by atoms with Crippen LogP contribution in [0.4, 0.5) is 0 Å². The van der Waals surface area contributed by atoms with Crippen molar-refractivity contribution in [3.8, 4) is 0 Å². The molecule has 1 amide bonds. The van der Waals surface area contributed by atoms with Crippen molar-refractivity contribution in [3.05, 3.63) is 35.4 Å². The average molecular weight is 446 g/mol. The summed E-state index contributed by atoms with van der Waals surface area (Å²) in [4.78, 5) is 15.8. The van der Waals surface area contributed by atoms with Gasteiger partial charge in [0.1, 0.15) is 0 Å². The van der Waals surface area contributed by atoms with Crippen LogP contribution in [0.2, 0.25) is 0 Å². The Morgan fingerprint density at radius 3 is 2.33 bits per heavy atom. The Morgan fingerprint density at radius 2 is 1.71 bits per heavy atom. The van der Waals surface area contributed by atoms with Crippen molar-refractivity contribution in [2.24, 2.45) is 10.7 Å². The molecule has 24 heavy (non-hydrogen) atoms. The standard InChI is InChI=1S/C18H30N4O.HI/c1-3-4-5-6-7-8-13-21-18(19)22-14-15-9-11-16(12-10-15)17(23)20-2;/h9-12H,3-8,13-14H2,1-2H3,(H,20,23)(H3,19,21,22);1H. The lowest BCUT2D eigenvalue weighted by atomic mass is 10.1. The maximum absolute atomic E-state index is 11.5. The summed E-state index contributed by atoms with van der Waals surface area (Å²) < 4.78 is 0. The second-order valence-electron chi connectivity index (χ2n) is 5.67. The van der Waals surface area contributed by atoms with Crippen LogP contribution in [0.5, 0.6) is 0 Å². The van der Waals surface area contributed by atoms with E-state index in [1.165, 1.54) is 32.1 Å². The Morgan fingerprint density at radius 1 is 1.08 bits per heavy atom. The molecule has 1 aromatic rings. The Labute approximate surface area is 162 Å². The monoisotopic (exact) mass is 446 g/mol. The number of halogens is 1. The molecule has 0 fully saturated rings. The molecule has 136 valence electrons. The average Bonchev–Trinajstić information content (AvgIpc) is 2.59. The number of nitrogens with one attached hydrogen (secondary N) is 2. The molecule has 0 bridgehead atoms. The van der Waals surface area contributed by atoms with Crippen molar-refractivity contribution >= 4 is 35.8 Å². The van der Waals surface area contributed by atoms with Gasteiger partial charge in [-0.3, -0.25) is 4.79 Å². The van der Waals surface area contributed by atoms with Gasteiger partial charge < -0.3 is 16.4 Å². The van der Waals surface area contributed by atoms with Gasteiger partial charge in [-0.2, -0.15) is 0 Å². The van der Waals surface area contributed by atoms with Crippen LogP contribution in [0, 0.1) is 0 Å². The SMILES string of the molecule is CCCCCCCCNC(N)=NCc1ccc(C(=O)NC)cc1.I. The number of nitrogens with two attached hydrogens (primary N) is 1. The van der Waals surface area contributed by atoms with Crippen LogP contribution >= 0.6 is 24.0 Å². The highest BCUT2D eigenvalue weighted by atomic mass is 127. The Bertz CT molecular complexity index is 488. The van der Waals surface area contributed by atoms with Gasteiger partial charge in [-0.15, -0.1) is 24.0 Å². The fraction of sp³-hybridized carbons (Fsp3) is 0.556. The number of rotatable bonds is 10. The van der Waals surface area contributed by atoms with Crippen molar-refractivity contribution in [1.82, 2.24) is 10.6 Å². The van der Waals surface area contributed by atoms with E-state index in [-0.39, 0.29) is 29.9 Å². The molecular formula is C18H31IN4O. The van der Waals surface area contributed by atoms with E-state index < -0.39 is 0 Å². The zero-order chi connectivity index (χ0) is 16.9. The summed E-state index contributed by atoms with van der Waals surface area (Å²) in [5, 5.41) is 5.75. The molecule has 1 aromatic carbocycles. The molecule has 0 spiro atoms. The molecular weight excluding hydrogens is 415 g/mol. The smallest absolute Gasteiger partial charge is 0.251 e. The number of unbranched alkanes of at least 4 members (excludes halogenated alkanes) is 5. The van der Waals surface area contributed by atoms with Gasteiger partial charge in [-0.05, 0) is 24.1 Å². The topological polar surface area (TPSA) is 79.5 Å². The molecule has 0 saturated carbocycles. The van der Waals surface area contributed by atoms with E-state index in [0.717, 1.165) is 18.5 Å². The maximum Gasteiger partial charge on any atom is 0.251 e. The molecule has 0 aliphatic carbocycles. The van der Waals surface area contributed by atoms with E-state index in [2.05, 4.69) is 22.5 Å². The number of hydrogen-bond acceptors (Lipinski definition) is 2. The number of carbonyl (C=O) groups excluding carboxylic acids is 1. The van der Waals surface area contributed by atoms with Crippen molar-refractivity contribution in [2.45, 2.75) is 52.0 Å². The van der Waals surface area contributed by atoms with Crippen LogP contribution in [0.25, 0.3) is 0 Å². The molecule has 6 heteroatoms. The quantitative estimate of drug-likeness (QED) is 0.223. The zero-order valence-corrected chi connectivity index (χ0v) is 17.1. The molecule has 0 aromatic heterocycles. The number of benzene rings is 1. The van der Waals surface area contributed by atoms with E-state index in [9.17, 15) is 4.79 Å². The first kappa shape index (κ1) is 22.7. The Hall–Kier alpha value is -1.31. The van der Waals surface area contributed by atoms with Crippen LogP contribution in [0.15, 0.2) is 29.3 Å². The molecule has 0 saturated heterocycles. The molecule has 0 aliphatic rings. The third-order valence-corrected chi connectivity index (χ3v) is 3.71. The highest BCUT2D eigenvalue weighted by Gasteiger charge is 2.02. The third-order valence-electron chi connectivity index (χ3n) is 3.71. The number of nitrogens with zero attached hydrogens (tertiary/aromatic N) is 1.